The lowest BCUT2D eigenvalue weighted by Crippen LogP contribution is -2.31. The van der Waals surface area contributed by atoms with E-state index >= 15 is 0 Å². The molecule has 3 aromatic rings. The highest BCUT2D eigenvalue weighted by Crippen LogP contribution is 2.22. The van der Waals surface area contributed by atoms with Crippen molar-refractivity contribution in [3.8, 4) is 5.75 Å². The molecule has 0 saturated carbocycles. The van der Waals surface area contributed by atoms with E-state index in [1.807, 2.05) is 37.3 Å². The van der Waals surface area contributed by atoms with Gasteiger partial charge in [0.2, 0.25) is 5.91 Å². The van der Waals surface area contributed by atoms with Gasteiger partial charge in [0.05, 0.1) is 5.69 Å². The third-order valence-corrected chi connectivity index (χ3v) is 6.23. The van der Waals surface area contributed by atoms with Crippen LogP contribution in [0.25, 0.3) is 0 Å². The molecule has 0 aliphatic heterocycles. The van der Waals surface area contributed by atoms with Crippen molar-refractivity contribution in [3.63, 3.8) is 0 Å². The lowest BCUT2D eigenvalue weighted by Gasteiger charge is -2.13. The number of rotatable bonds is 10. The monoisotopic (exact) mass is 466 g/mol. The highest BCUT2D eigenvalue weighted by atomic mass is 32.2. The normalized spacial score (nSPS) is 10.9. The van der Waals surface area contributed by atoms with E-state index in [-0.39, 0.29) is 17.0 Å². The summed E-state index contributed by atoms with van der Waals surface area (Å²) in [5.41, 5.74) is 1.45. The van der Waals surface area contributed by atoms with Crippen LogP contribution in [0.4, 0.5) is 5.69 Å². The number of anilines is 1. The van der Waals surface area contributed by atoms with Crippen LogP contribution in [0.2, 0.25) is 0 Å². The molecule has 0 unspecified atom stereocenters. The molecule has 0 bridgehead atoms. The molecular formula is C25H26N2O5S. The number of carbonyl (C=O) groups is 2. The summed E-state index contributed by atoms with van der Waals surface area (Å²) in [5.74, 6) is -0.457. The van der Waals surface area contributed by atoms with Gasteiger partial charge in [-0.2, -0.15) is 0 Å². The Labute approximate surface area is 193 Å². The number of amides is 2. The van der Waals surface area contributed by atoms with Gasteiger partial charge >= 0.3 is 0 Å². The summed E-state index contributed by atoms with van der Waals surface area (Å²) in [5, 5.41) is 2.62. The molecule has 0 radical (unpaired) electrons. The fraction of sp³-hybridized carbons (Fsp3) is 0.200. The molecule has 7 nitrogen and oxygen atoms in total. The van der Waals surface area contributed by atoms with Gasteiger partial charge in [-0.15, -0.1) is 0 Å². The zero-order chi connectivity index (χ0) is 23.7. The Morgan fingerprint density at radius 1 is 0.879 bits per heavy atom. The lowest BCUT2D eigenvalue weighted by molar-refractivity contribution is -0.119. The summed E-state index contributed by atoms with van der Waals surface area (Å²) < 4.78 is 33.1. The Morgan fingerprint density at radius 2 is 1.55 bits per heavy atom. The van der Waals surface area contributed by atoms with Crippen LogP contribution in [-0.4, -0.2) is 20.2 Å². The van der Waals surface area contributed by atoms with E-state index in [1.54, 1.807) is 30.3 Å². The molecule has 0 heterocycles. The minimum atomic E-state index is -4.12. The first-order valence-corrected chi connectivity index (χ1v) is 12.1. The first-order chi connectivity index (χ1) is 15.9. The van der Waals surface area contributed by atoms with E-state index in [0.717, 1.165) is 12.0 Å². The van der Waals surface area contributed by atoms with Crippen LogP contribution in [0.3, 0.4) is 0 Å². The third-order valence-electron chi connectivity index (χ3n) is 4.80. The van der Waals surface area contributed by atoms with E-state index in [2.05, 4.69) is 10.0 Å². The Kier molecular flexibility index (Phi) is 8.21. The first-order valence-electron chi connectivity index (χ1n) is 10.6. The average molecular weight is 467 g/mol. The third kappa shape index (κ3) is 6.92. The van der Waals surface area contributed by atoms with Crippen LogP contribution < -0.4 is 14.8 Å². The molecule has 3 aromatic carbocycles. The molecule has 3 rings (SSSR count). The van der Waals surface area contributed by atoms with Gasteiger partial charge in [0, 0.05) is 12.0 Å². The lowest BCUT2D eigenvalue weighted by atomic mass is 10.2. The van der Waals surface area contributed by atoms with Gasteiger partial charge in [-0.3, -0.25) is 9.59 Å². The second-order valence-corrected chi connectivity index (χ2v) is 9.03. The topological polar surface area (TPSA) is 102 Å². The molecule has 0 aliphatic rings. The van der Waals surface area contributed by atoms with Crippen molar-refractivity contribution in [2.45, 2.75) is 37.7 Å². The summed E-state index contributed by atoms with van der Waals surface area (Å²) >= 11 is 0. The molecule has 33 heavy (non-hydrogen) atoms. The fourth-order valence-corrected chi connectivity index (χ4v) is 4.21. The van der Waals surface area contributed by atoms with Gasteiger partial charge in [0.1, 0.15) is 17.3 Å². The maximum absolute atomic E-state index is 12.7. The Hall–Kier alpha value is -3.65. The maximum Gasteiger partial charge on any atom is 0.266 e. The summed E-state index contributed by atoms with van der Waals surface area (Å²) in [6.07, 6.45) is 1.48. The van der Waals surface area contributed by atoms with Crippen molar-refractivity contribution in [3.05, 3.63) is 90.0 Å². The Morgan fingerprint density at radius 3 is 2.24 bits per heavy atom. The van der Waals surface area contributed by atoms with E-state index in [9.17, 15) is 18.0 Å². The molecule has 2 amide bonds. The standard InChI is InChI=1S/C25H26N2O5S/c1-2-3-13-24(28)27-33(30,31)23-12-8-7-11-22(23)26-25(29)20-14-16-21(17-15-20)32-18-19-9-5-4-6-10-19/h4-12,14-17H,2-3,13,18H2,1H3,(H,26,29)(H,27,28). The predicted molar refractivity (Wildman–Crippen MR) is 126 cm³/mol. The van der Waals surface area contributed by atoms with E-state index in [1.165, 1.54) is 18.2 Å². The van der Waals surface area contributed by atoms with E-state index in [0.29, 0.717) is 24.3 Å². The summed E-state index contributed by atoms with van der Waals surface area (Å²) in [7, 11) is -4.12. The van der Waals surface area contributed by atoms with Crippen molar-refractivity contribution < 1.29 is 22.7 Å². The number of sulfonamides is 1. The number of hydrogen-bond donors (Lipinski definition) is 2. The SMILES string of the molecule is CCCCC(=O)NS(=O)(=O)c1ccccc1NC(=O)c1ccc(OCc2ccccc2)cc1. The molecule has 0 aromatic heterocycles. The Balaban J connectivity index is 1.67. The number of ether oxygens (including phenoxy) is 1. The zero-order valence-electron chi connectivity index (χ0n) is 18.3. The van der Waals surface area contributed by atoms with Gasteiger partial charge in [0.25, 0.3) is 15.9 Å². The Bertz CT molecular complexity index is 1190. The van der Waals surface area contributed by atoms with Crippen LogP contribution >= 0.6 is 0 Å². The zero-order valence-corrected chi connectivity index (χ0v) is 19.1. The van der Waals surface area contributed by atoms with Gasteiger partial charge < -0.3 is 10.1 Å². The predicted octanol–water partition coefficient (Wildman–Crippen LogP) is 4.51. The van der Waals surface area contributed by atoms with E-state index < -0.39 is 21.8 Å². The summed E-state index contributed by atoms with van der Waals surface area (Å²) in [6.45, 7) is 2.32. The number of unbranched alkanes of at least 4 members (excludes halogenated alkanes) is 1. The van der Waals surface area contributed by atoms with Crippen LogP contribution in [0.15, 0.2) is 83.8 Å². The molecule has 172 valence electrons. The summed E-state index contributed by atoms with van der Waals surface area (Å²) in [4.78, 5) is 24.5. The number of nitrogens with one attached hydrogen (secondary N) is 2. The van der Waals surface area contributed by atoms with Gasteiger partial charge in [0.15, 0.2) is 0 Å². The largest absolute Gasteiger partial charge is 0.489 e. The number of hydrogen-bond acceptors (Lipinski definition) is 5. The molecular weight excluding hydrogens is 440 g/mol. The minimum absolute atomic E-state index is 0.0858. The second kappa shape index (κ2) is 11.3. The average Bonchev–Trinajstić information content (AvgIpc) is 2.82. The smallest absolute Gasteiger partial charge is 0.266 e. The highest BCUT2D eigenvalue weighted by Gasteiger charge is 2.22. The number of carbonyl (C=O) groups excluding carboxylic acids is 2. The number of para-hydroxylation sites is 1. The van der Waals surface area contributed by atoms with Crippen LogP contribution in [0.5, 0.6) is 5.75 Å². The molecule has 0 atom stereocenters. The molecule has 0 fully saturated rings. The van der Waals surface area contributed by atoms with Crippen molar-refractivity contribution in [1.29, 1.82) is 0 Å². The van der Waals surface area contributed by atoms with Crippen molar-refractivity contribution >= 4 is 27.5 Å². The van der Waals surface area contributed by atoms with Crippen LogP contribution in [-0.2, 0) is 21.4 Å². The van der Waals surface area contributed by atoms with Crippen molar-refractivity contribution in [2.75, 3.05) is 5.32 Å². The molecule has 0 aliphatic carbocycles. The van der Waals surface area contributed by atoms with E-state index in [4.69, 9.17) is 4.74 Å². The van der Waals surface area contributed by atoms with Crippen molar-refractivity contribution in [2.24, 2.45) is 0 Å². The highest BCUT2D eigenvalue weighted by molar-refractivity contribution is 7.90. The van der Waals surface area contributed by atoms with Crippen molar-refractivity contribution in [1.82, 2.24) is 4.72 Å². The van der Waals surface area contributed by atoms with Gasteiger partial charge in [-0.25, -0.2) is 13.1 Å². The van der Waals surface area contributed by atoms with Crippen LogP contribution in [0.1, 0.15) is 42.1 Å². The molecule has 8 heteroatoms. The number of benzene rings is 3. The van der Waals surface area contributed by atoms with Crippen LogP contribution in [0, 0.1) is 0 Å². The molecule has 2 N–H and O–H groups in total. The summed E-state index contributed by atoms with van der Waals surface area (Å²) in [6, 6.07) is 22.2. The fourth-order valence-electron chi connectivity index (χ4n) is 3.04. The quantitative estimate of drug-likeness (QED) is 0.458. The maximum atomic E-state index is 12.7. The van der Waals surface area contributed by atoms with Gasteiger partial charge in [-0.05, 0) is 48.4 Å². The van der Waals surface area contributed by atoms with Gasteiger partial charge in [-0.1, -0.05) is 55.8 Å². The molecule has 0 saturated heterocycles. The first kappa shape index (κ1) is 24.0. The minimum Gasteiger partial charge on any atom is -0.489 e. The second-order valence-electron chi connectivity index (χ2n) is 7.38. The molecule has 0 spiro atoms.